The van der Waals surface area contributed by atoms with Gasteiger partial charge in [-0.15, -0.1) is 11.8 Å². The minimum atomic E-state index is -0.896. The fraction of sp³-hybridized carbons (Fsp3) is 0.500. The van der Waals surface area contributed by atoms with Gasteiger partial charge in [0.2, 0.25) is 5.91 Å². The molecule has 1 unspecified atom stereocenters. The number of halogens is 1. The van der Waals surface area contributed by atoms with Crippen LogP contribution in [0.15, 0.2) is 23.1 Å². The Bertz CT molecular complexity index is 753. The van der Waals surface area contributed by atoms with E-state index >= 15 is 0 Å². The van der Waals surface area contributed by atoms with Crippen molar-refractivity contribution in [2.75, 3.05) is 12.3 Å². The minimum Gasteiger partial charge on any atom is -0.349 e. The number of rotatable bonds is 5. The van der Waals surface area contributed by atoms with Crippen LogP contribution >= 0.6 is 11.8 Å². The molecule has 2 heterocycles. The van der Waals surface area contributed by atoms with Crippen LogP contribution in [0, 0.1) is 5.82 Å². The van der Waals surface area contributed by atoms with Gasteiger partial charge in [0.15, 0.2) is 0 Å². The van der Waals surface area contributed by atoms with Crippen LogP contribution in [0.25, 0.3) is 0 Å². The second kappa shape index (κ2) is 7.26. The molecule has 4 amide bonds. The Balaban J connectivity index is 1.52. The molecule has 6 nitrogen and oxygen atoms in total. The SMILES string of the molecule is CC1(C)NC(=O)N(CCCC(=O)NC2CCSc3ccc(F)cc32)C1=O. The van der Waals surface area contributed by atoms with Crippen molar-refractivity contribution < 1.29 is 18.8 Å². The van der Waals surface area contributed by atoms with Gasteiger partial charge in [-0.05, 0) is 50.5 Å². The van der Waals surface area contributed by atoms with Gasteiger partial charge in [0, 0.05) is 23.6 Å². The highest BCUT2D eigenvalue weighted by atomic mass is 32.2. The summed E-state index contributed by atoms with van der Waals surface area (Å²) in [5.41, 5.74) is -0.0853. The average molecular weight is 379 g/mol. The largest absolute Gasteiger partial charge is 0.349 e. The lowest BCUT2D eigenvalue weighted by Crippen LogP contribution is -2.40. The van der Waals surface area contributed by atoms with Crippen LogP contribution in [0.2, 0.25) is 0 Å². The molecule has 0 bridgehead atoms. The lowest BCUT2D eigenvalue weighted by atomic mass is 10.0. The van der Waals surface area contributed by atoms with Crippen LogP contribution in [-0.4, -0.2) is 40.6 Å². The van der Waals surface area contributed by atoms with E-state index in [4.69, 9.17) is 0 Å². The number of nitrogens with zero attached hydrogens (tertiary/aromatic N) is 1. The number of thioether (sulfide) groups is 1. The second-order valence-electron chi connectivity index (χ2n) is 7.05. The summed E-state index contributed by atoms with van der Waals surface area (Å²) in [6.45, 7) is 3.50. The van der Waals surface area contributed by atoms with Crippen LogP contribution in [0.1, 0.15) is 44.7 Å². The van der Waals surface area contributed by atoms with Gasteiger partial charge in [-0.25, -0.2) is 9.18 Å². The van der Waals surface area contributed by atoms with E-state index in [1.165, 1.54) is 12.1 Å². The van der Waals surface area contributed by atoms with E-state index in [9.17, 15) is 18.8 Å². The third kappa shape index (κ3) is 3.85. The highest BCUT2D eigenvalue weighted by molar-refractivity contribution is 7.99. The first-order valence-electron chi connectivity index (χ1n) is 8.63. The highest BCUT2D eigenvalue weighted by Crippen LogP contribution is 2.36. The monoisotopic (exact) mass is 379 g/mol. The number of carbonyl (C=O) groups excluding carboxylic acids is 3. The summed E-state index contributed by atoms with van der Waals surface area (Å²) in [4.78, 5) is 38.3. The van der Waals surface area contributed by atoms with Gasteiger partial charge in [-0.2, -0.15) is 0 Å². The highest BCUT2D eigenvalue weighted by Gasteiger charge is 2.43. The summed E-state index contributed by atoms with van der Waals surface area (Å²) in [5, 5.41) is 5.56. The Labute approximate surface area is 155 Å². The van der Waals surface area contributed by atoms with Crippen LogP contribution in [-0.2, 0) is 9.59 Å². The Morgan fingerprint density at radius 2 is 2.19 bits per heavy atom. The molecule has 1 atom stereocenters. The molecule has 2 aliphatic rings. The van der Waals surface area contributed by atoms with Gasteiger partial charge < -0.3 is 10.6 Å². The summed E-state index contributed by atoms with van der Waals surface area (Å²) in [6.07, 6.45) is 1.33. The Morgan fingerprint density at radius 3 is 2.88 bits per heavy atom. The number of imide groups is 1. The van der Waals surface area contributed by atoms with Crippen molar-refractivity contribution in [3.8, 4) is 0 Å². The molecule has 1 saturated heterocycles. The number of urea groups is 1. The van der Waals surface area contributed by atoms with Gasteiger partial charge in [-0.3, -0.25) is 14.5 Å². The molecule has 140 valence electrons. The maximum atomic E-state index is 13.5. The second-order valence-corrected chi connectivity index (χ2v) is 8.19. The molecule has 1 fully saturated rings. The molecule has 0 radical (unpaired) electrons. The molecule has 0 aromatic heterocycles. The minimum absolute atomic E-state index is 0.163. The van der Waals surface area contributed by atoms with E-state index in [0.29, 0.717) is 6.42 Å². The molecular formula is C18H22FN3O3S. The van der Waals surface area contributed by atoms with Crippen molar-refractivity contribution in [3.63, 3.8) is 0 Å². The summed E-state index contributed by atoms with van der Waals surface area (Å²) < 4.78 is 13.5. The first-order valence-corrected chi connectivity index (χ1v) is 9.62. The van der Waals surface area contributed by atoms with Crippen molar-refractivity contribution in [2.24, 2.45) is 0 Å². The summed E-state index contributed by atoms with van der Waals surface area (Å²) in [6, 6.07) is 4.02. The molecule has 3 rings (SSSR count). The van der Waals surface area contributed by atoms with Gasteiger partial charge in [0.1, 0.15) is 11.4 Å². The molecule has 0 spiro atoms. The third-order valence-corrected chi connectivity index (χ3v) is 5.70. The van der Waals surface area contributed by atoms with Gasteiger partial charge in [0.25, 0.3) is 5.91 Å². The lowest BCUT2D eigenvalue weighted by Gasteiger charge is -2.26. The van der Waals surface area contributed by atoms with Crippen molar-refractivity contribution >= 4 is 29.6 Å². The Morgan fingerprint density at radius 1 is 1.42 bits per heavy atom. The predicted molar refractivity (Wildman–Crippen MR) is 96.2 cm³/mol. The third-order valence-electron chi connectivity index (χ3n) is 4.58. The topological polar surface area (TPSA) is 78.5 Å². The van der Waals surface area contributed by atoms with E-state index in [0.717, 1.165) is 27.5 Å². The number of nitrogens with one attached hydrogen (secondary N) is 2. The number of benzene rings is 1. The number of carbonyl (C=O) groups is 3. The fourth-order valence-electron chi connectivity index (χ4n) is 3.20. The molecule has 2 N–H and O–H groups in total. The first-order chi connectivity index (χ1) is 12.3. The molecule has 8 heteroatoms. The van der Waals surface area contributed by atoms with E-state index < -0.39 is 11.6 Å². The first kappa shape index (κ1) is 18.7. The van der Waals surface area contributed by atoms with Crippen LogP contribution in [0.3, 0.4) is 0 Å². The standard InChI is InChI=1S/C18H22FN3O3S/c1-18(2)16(24)22(17(25)21-18)8-3-4-15(23)20-13-7-9-26-14-6-5-11(19)10-12(13)14/h5-6,10,13H,3-4,7-9H2,1-2H3,(H,20,23)(H,21,25). The zero-order valence-electron chi connectivity index (χ0n) is 14.8. The zero-order chi connectivity index (χ0) is 18.9. The van der Waals surface area contributed by atoms with E-state index in [2.05, 4.69) is 10.6 Å². The van der Waals surface area contributed by atoms with Crippen molar-refractivity contribution in [1.29, 1.82) is 0 Å². The van der Waals surface area contributed by atoms with Crippen LogP contribution < -0.4 is 10.6 Å². The normalized spacial score (nSPS) is 21.3. The number of fused-ring (bicyclic) bond motifs is 1. The van der Waals surface area contributed by atoms with Crippen LogP contribution in [0.4, 0.5) is 9.18 Å². The molecule has 2 aliphatic heterocycles. The molecule has 26 heavy (non-hydrogen) atoms. The average Bonchev–Trinajstić information content (AvgIpc) is 2.77. The van der Waals surface area contributed by atoms with Gasteiger partial charge in [-0.1, -0.05) is 0 Å². The zero-order valence-corrected chi connectivity index (χ0v) is 15.6. The summed E-state index contributed by atoms with van der Waals surface area (Å²) in [7, 11) is 0. The Hall–Kier alpha value is -2.09. The van der Waals surface area contributed by atoms with Crippen molar-refractivity contribution in [2.45, 2.75) is 49.6 Å². The Kier molecular flexibility index (Phi) is 5.22. The number of hydrogen-bond acceptors (Lipinski definition) is 4. The fourth-order valence-corrected chi connectivity index (χ4v) is 4.31. The van der Waals surface area contributed by atoms with Crippen LogP contribution in [0.5, 0.6) is 0 Å². The number of amides is 4. The van der Waals surface area contributed by atoms with Crippen molar-refractivity contribution in [1.82, 2.24) is 15.5 Å². The molecule has 0 aliphatic carbocycles. The van der Waals surface area contributed by atoms with Crippen molar-refractivity contribution in [3.05, 3.63) is 29.6 Å². The summed E-state index contributed by atoms with van der Waals surface area (Å²) >= 11 is 1.66. The van der Waals surface area contributed by atoms with E-state index in [-0.39, 0.29) is 36.6 Å². The molecule has 0 saturated carbocycles. The van der Waals surface area contributed by atoms with E-state index in [1.54, 1.807) is 31.7 Å². The quantitative estimate of drug-likeness (QED) is 0.771. The predicted octanol–water partition coefficient (Wildman–Crippen LogP) is 2.59. The molecule has 1 aromatic carbocycles. The molecular weight excluding hydrogens is 357 g/mol. The molecule has 1 aromatic rings. The van der Waals surface area contributed by atoms with E-state index in [1.807, 2.05) is 0 Å². The summed E-state index contributed by atoms with van der Waals surface area (Å²) in [5.74, 6) is 0.105. The smallest absolute Gasteiger partial charge is 0.325 e. The maximum absolute atomic E-state index is 13.5. The number of hydrogen-bond donors (Lipinski definition) is 2. The lowest BCUT2D eigenvalue weighted by molar-refractivity contribution is -0.130. The van der Waals surface area contributed by atoms with Gasteiger partial charge >= 0.3 is 6.03 Å². The van der Waals surface area contributed by atoms with Gasteiger partial charge in [0.05, 0.1) is 6.04 Å². The maximum Gasteiger partial charge on any atom is 0.325 e.